The largest absolute Gasteiger partial charge is 0.508 e. The zero-order chi connectivity index (χ0) is 25.8. The monoisotopic (exact) mass is 530 g/mol. The van der Waals surface area contributed by atoms with Crippen molar-refractivity contribution in [1.29, 1.82) is 0 Å². The number of aromatic amines is 1. The van der Waals surface area contributed by atoms with E-state index in [-0.39, 0.29) is 18.6 Å². The first-order valence-electron chi connectivity index (χ1n) is 11.3. The number of phenols is 1. The Balaban J connectivity index is 1.53. The third-order valence-corrected chi connectivity index (χ3v) is 8.07. The Kier molecular flexibility index (Phi) is 7.88. The molecule has 0 saturated heterocycles. The number of benzene rings is 2. The Morgan fingerprint density at radius 3 is 2.42 bits per heavy atom. The molecule has 11 nitrogen and oxygen atoms in total. The number of anilines is 3. The van der Waals surface area contributed by atoms with Crippen molar-refractivity contribution in [3.63, 3.8) is 0 Å². The molecule has 36 heavy (non-hydrogen) atoms. The molecular weight excluding hydrogens is 502 g/mol. The van der Waals surface area contributed by atoms with E-state index in [2.05, 4.69) is 30.6 Å². The molecule has 0 aliphatic rings. The summed E-state index contributed by atoms with van der Waals surface area (Å²) >= 11 is 0. The van der Waals surface area contributed by atoms with Gasteiger partial charge in [0.15, 0.2) is 16.5 Å². The molecule has 0 spiro atoms. The number of rotatable bonds is 11. The standard InChI is InChI=1S/C23H28N6O5P2/c30-17-10-7-15(8-11-17)9-12-18-26-19-20(24-14-4-13-23(31,35)36(32,33)34)28-22(29-21(19)27-18)25-16-5-2-1-3-6-16/h1-3,5-8,10-11,30-31H,4,9,12-14,35H2,(H2,32,33,34)(H3,24,25,26,27,28,29). The van der Waals surface area contributed by atoms with Gasteiger partial charge in [-0.15, -0.1) is 0 Å². The van der Waals surface area contributed by atoms with Crippen LogP contribution >= 0.6 is 16.8 Å². The number of imidazole rings is 1. The van der Waals surface area contributed by atoms with Gasteiger partial charge in [-0.2, -0.15) is 9.97 Å². The van der Waals surface area contributed by atoms with Crippen LogP contribution in [-0.4, -0.2) is 51.6 Å². The summed E-state index contributed by atoms with van der Waals surface area (Å²) in [6.45, 7) is 0.301. The van der Waals surface area contributed by atoms with Gasteiger partial charge >= 0.3 is 7.60 Å². The molecule has 2 unspecified atom stereocenters. The van der Waals surface area contributed by atoms with Crippen LogP contribution in [0.25, 0.3) is 11.2 Å². The molecule has 4 aromatic rings. The minimum atomic E-state index is -4.67. The molecule has 0 saturated carbocycles. The van der Waals surface area contributed by atoms with Crippen LogP contribution < -0.4 is 10.6 Å². The fourth-order valence-electron chi connectivity index (χ4n) is 3.52. The van der Waals surface area contributed by atoms with Crippen molar-refractivity contribution in [2.45, 2.75) is 30.8 Å². The van der Waals surface area contributed by atoms with Crippen LogP contribution in [-0.2, 0) is 17.4 Å². The lowest BCUT2D eigenvalue weighted by Gasteiger charge is -2.23. The Morgan fingerprint density at radius 2 is 1.72 bits per heavy atom. The normalized spacial score (nSPS) is 13.4. The fourth-order valence-corrected chi connectivity index (χ4v) is 4.18. The highest BCUT2D eigenvalue weighted by Gasteiger charge is 2.39. The molecule has 0 amide bonds. The second kappa shape index (κ2) is 10.9. The van der Waals surface area contributed by atoms with E-state index in [4.69, 9.17) is 0 Å². The maximum atomic E-state index is 11.4. The number of fused-ring (bicyclic) bond motifs is 1. The molecule has 7 N–H and O–H groups in total. The van der Waals surface area contributed by atoms with Crippen molar-refractivity contribution in [3.8, 4) is 5.75 Å². The van der Waals surface area contributed by atoms with Crippen molar-refractivity contribution in [1.82, 2.24) is 19.9 Å². The van der Waals surface area contributed by atoms with Crippen LogP contribution in [0.3, 0.4) is 0 Å². The van der Waals surface area contributed by atoms with E-state index in [9.17, 15) is 24.6 Å². The zero-order valence-electron chi connectivity index (χ0n) is 19.3. The van der Waals surface area contributed by atoms with Gasteiger partial charge in [-0.25, -0.2) is 4.98 Å². The Labute approximate surface area is 209 Å². The van der Waals surface area contributed by atoms with Crippen molar-refractivity contribution in [2.24, 2.45) is 0 Å². The first-order valence-corrected chi connectivity index (χ1v) is 13.5. The maximum absolute atomic E-state index is 11.4. The van der Waals surface area contributed by atoms with E-state index in [1.54, 1.807) is 12.1 Å². The van der Waals surface area contributed by atoms with Crippen LogP contribution in [0.15, 0.2) is 54.6 Å². The lowest BCUT2D eigenvalue weighted by molar-refractivity contribution is 0.162. The van der Waals surface area contributed by atoms with Gasteiger partial charge in [0.05, 0.1) is 0 Å². The average Bonchev–Trinajstić information content (AvgIpc) is 3.24. The molecule has 4 rings (SSSR count). The smallest absolute Gasteiger partial charge is 0.360 e. The number of aliphatic hydroxyl groups is 1. The summed E-state index contributed by atoms with van der Waals surface area (Å²) in [6, 6.07) is 16.5. The molecule has 2 aromatic heterocycles. The number of aryl methyl sites for hydroxylation is 2. The van der Waals surface area contributed by atoms with E-state index in [1.165, 1.54) is 0 Å². The minimum Gasteiger partial charge on any atom is -0.508 e. The summed E-state index contributed by atoms with van der Waals surface area (Å²) in [5.41, 5.74) is 2.93. The number of para-hydroxylation sites is 1. The molecule has 2 heterocycles. The van der Waals surface area contributed by atoms with Gasteiger partial charge in [-0.1, -0.05) is 39.6 Å². The Hall–Kier alpha value is -3.07. The second-order valence-electron chi connectivity index (χ2n) is 8.39. The SMILES string of the molecule is O=P(O)(O)C(O)(P)CCCNc1nc(Nc2ccccc2)nc2nc(CCc3ccc(O)cc3)[nH]c12. The third kappa shape index (κ3) is 6.57. The lowest BCUT2D eigenvalue weighted by Crippen LogP contribution is -2.21. The van der Waals surface area contributed by atoms with Gasteiger partial charge in [0.25, 0.3) is 0 Å². The molecule has 190 valence electrons. The minimum absolute atomic E-state index is 0.126. The van der Waals surface area contributed by atoms with Gasteiger partial charge in [0.1, 0.15) is 17.1 Å². The number of aromatic nitrogens is 4. The number of hydrogen-bond donors (Lipinski definition) is 7. The maximum Gasteiger partial charge on any atom is 0.360 e. The van der Waals surface area contributed by atoms with E-state index in [0.717, 1.165) is 11.3 Å². The predicted molar refractivity (Wildman–Crippen MR) is 141 cm³/mol. The average molecular weight is 530 g/mol. The molecule has 0 aliphatic carbocycles. The van der Waals surface area contributed by atoms with Crippen LogP contribution in [0.4, 0.5) is 17.5 Å². The zero-order valence-corrected chi connectivity index (χ0v) is 21.3. The number of nitrogens with one attached hydrogen (secondary N) is 3. The molecule has 13 heteroatoms. The summed E-state index contributed by atoms with van der Waals surface area (Å²) in [6.07, 6.45) is 1.48. The summed E-state index contributed by atoms with van der Waals surface area (Å²) in [5.74, 6) is 1.75. The summed E-state index contributed by atoms with van der Waals surface area (Å²) in [5, 5.41) is 23.6. The van der Waals surface area contributed by atoms with Gasteiger partial charge < -0.3 is 35.6 Å². The molecule has 2 atom stereocenters. The van der Waals surface area contributed by atoms with Crippen LogP contribution in [0, 0.1) is 0 Å². The van der Waals surface area contributed by atoms with Gasteiger partial charge in [0.2, 0.25) is 5.95 Å². The highest BCUT2D eigenvalue weighted by Crippen LogP contribution is 2.55. The van der Waals surface area contributed by atoms with Crippen LogP contribution in [0.2, 0.25) is 0 Å². The number of phenolic OH excluding ortho intramolecular Hbond substituents is 1. The van der Waals surface area contributed by atoms with Crippen molar-refractivity contribution in [2.75, 3.05) is 17.2 Å². The second-order valence-corrected chi connectivity index (χ2v) is 11.7. The molecule has 0 bridgehead atoms. The fraction of sp³-hybridized carbons (Fsp3) is 0.261. The van der Waals surface area contributed by atoms with E-state index in [1.807, 2.05) is 51.7 Å². The predicted octanol–water partition coefficient (Wildman–Crippen LogP) is 3.48. The van der Waals surface area contributed by atoms with Gasteiger partial charge in [0, 0.05) is 18.7 Å². The topological polar surface area (TPSA) is 177 Å². The Bertz CT molecular complexity index is 1360. The van der Waals surface area contributed by atoms with Crippen LogP contribution in [0.5, 0.6) is 5.75 Å². The highest BCUT2D eigenvalue weighted by molar-refractivity contribution is 7.61. The number of nitrogens with zero attached hydrogens (tertiary/aromatic N) is 3. The third-order valence-electron chi connectivity index (χ3n) is 5.54. The summed E-state index contributed by atoms with van der Waals surface area (Å²) in [4.78, 5) is 35.6. The summed E-state index contributed by atoms with van der Waals surface area (Å²) < 4.78 is 11.4. The summed E-state index contributed by atoms with van der Waals surface area (Å²) in [7, 11) is -2.84. The van der Waals surface area contributed by atoms with Gasteiger partial charge in [-0.3, -0.25) is 4.57 Å². The molecule has 0 aliphatic heterocycles. The molecule has 0 radical (unpaired) electrons. The van der Waals surface area contributed by atoms with E-state index >= 15 is 0 Å². The van der Waals surface area contributed by atoms with Crippen molar-refractivity contribution in [3.05, 3.63) is 66.0 Å². The van der Waals surface area contributed by atoms with Crippen LogP contribution in [0.1, 0.15) is 24.2 Å². The molecular formula is C23H28N6O5P2. The van der Waals surface area contributed by atoms with Crippen molar-refractivity contribution < 1.29 is 24.6 Å². The van der Waals surface area contributed by atoms with E-state index < -0.39 is 12.7 Å². The quantitative estimate of drug-likeness (QED) is 0.112. The number of hydrogen-bond acceptors (Lipinski definition) is 8. The van der Waals surface area contributed by atoms with Crippen molar-refractivity contribution >= 4 is 45.5 Å². The molecule has 0 fully saturated rings. The highest BCUT2D eigenvalue weighted by atomic mass is 31.2. The first-order chi connectivity index (χ1) is 17.1. The first kappa shape index (κ1) is 26.0. The number of aromatic hydroxyl groups is 1. The Morgan fingerprint density at radius 1 is 1.00 bits per heavy atom. The lowest BCUT2D eigenvalue weighted by atomic mass is 10.1. The number of H-pyrrole nitrogens is 1. The molecule has 2 aromatic carbocycles. The van der Waals surface area contributed by atoms with E-state index in [0.29, 0.717) is 48.1 Å². The van der Waals surface area contributed by atoms with Gasteiger partial charge in [-0.05, 0) is 49.1 Å².